The molecule has 106 valence electrons. The number of aliphatic carboxylic acids is 1. The molecule has 2 atom stereocenters. The number of nitrogens with one attached hydrogen (secondary N) is 1. The van der Waals surface area contributed by atoms with Crippen molar-refractivity contribution in [3.8, 4) is 0 Å². The van der Waals surface area contributed by atoms with Crippen LogP contribution < -0.4 is 5.32 Å². The Morgan fingerprint density at radius 3 is 2.44 bits per heavy atom. The smallest absolute Gasteiger partial charge is 0.325 e. The fourth-order valence-electron chi connectivity index (χ4n) is 2.21. The molecule has 0 bridgehead atoms. The van der Waals surface area contributed by atoms with Crippen molar-refractivity contribution in [3.63, 3.8) is 0 Å². The van der Waals surface area contributed by atoms with Gasteiger partial charge in [0, 0.05) is 11.8 Å². The van der Waals surface area contributed by atoms with E-state index in [1.807, 2.05) is 13.8 Å². The molecule has 0 radical (unpaired) electrons. The van der Waals surface area contributed by atoms with Gasteiger partial charge in [0.25, 0.3) is 0 Å². The van der Waals surface area contributed by atoms with E-state index in [9.17, 15) is 9.90 Å². The van der Waals surface area contributed by atoms with E-state index >= 15 is 0 Å². The van der Waals surface area contributed by atoms with Gasteiger partial charge in [0.2, 0.25) is 0 Å². The van der Waals surface area contributed by atoms with Gasteiger partial charge >= 0.3 is 5.97 Å². The van der Waals surface area contributed by atoms with E-state index in [1.165, 1.54) is 0 Å². The average Bonchev–Trinajstić information content (AvgIpc) is 3.10. The number of hydrogen-bond donors (Lipinski definition) is 2. The van der Waals surface area contributed by atoms with Crippen molar-refractivity contribution in [1.82, 2.24) is 5.32 Å². The Labute approximate surface area is 115 Å². The molecule has 1 rings (SSSR count). The Morgan fingerprint density at radius 1 is 1.44 bits per heavy atom. The molecule has 1 fully saturated rings. The first kappa shape index (κ1) is 15.8. The van der Waals surface area contributed by atoms with Crippen LogP contribution in [-0.4, -0.2) is 34.2 Å². The molecule has 4 heteroatoms. The molecule has 1 saturated carbocycles. The number of rotatable bonds is 9. The number of thioether (sulfide) groups is 1. The van der Waals surface area contributed by atoms with E-state index in [0.717, 1.165) is 25.0 Å². The van der Waals surface area contributed by atoms with Crippen LogP contribution in [0.4, 0.5) is 0 Å². The number of carbonyl (C=O) groups is 1. The van der Waals surface area contributed by atoms with Gasteiger partial charge in [0.15, 0.2) is 0 Å². The maximum Gasteiger partial charge on any atom is 0.325 e. The normalized spacial score (nSPS) is 20.7. The van der Waals surface area contributed by atoms with Gasteiger partial charge in [-0.1, -0.05) is 20.3 Å². The molecule has 1 aliphatic rings. The second kappa shape index (κ2) is 6.80. The van der Waals surface area contributed by atoms with Gasteiger partial charge in [-0.25, -0.2) is 0 Å². The zero-order chi connectivity index (χ0) is 13.8. The van der Waals surface area contributed by atoms with Crippen LogP contribution >= 0.6 is 11.8 Å². The first-order chi connectivity index (χ1) is 8.42. The Morgan fingerprint density at radius 2 is 2.06 bits per heavy atom. The minimum absolute atomic E-state index is 0.214. The molecule has 0 spiro atoms. The third kappa shape index (κ3) is 4.16. The SMILES string of the molecule is CCC(C)CSCC(NC(C)C)(C(=O)O)C1CC1. The van der Waals surface area contributed by atoms with Gasteiger partial charge < -0.3 is 5.11 Å². The minimum Gasteiger partial charge on any atom is -0.480 e. The number of carboxylic acids is 1. The molecule has 3 nitrogen and oxygen atoms in total. The lowest BCUT2D eigenvalue weighted by atomic mass is 9.94. The second-order valence-electron chi connectivity index (χ2n) is 5.88. The third-order valence-corrected chi connectivity index (χ3v) is 5.10. The molecule has 0 saturated heterocycles. The Hall–Kier alpha value is -0.220. The molecule has 1 aliphatic carbocycles. The first-order valence-electron chi connectivity index (χ1n) is 7.01. The Bertz CT molecular complexity index is 279. The molecule has 2 unspecified atom stereocenters. The summed E-state index contributed by atoms with van der Waals surface area (Å²) in [5, 5.41) is 13.0. The van der Waals surface area contributed by atoms with E-state index in [4.69, 9.17) is 0 Å². The zero-order valence-electron chi connectivity index (χ0n) is 12.0. The Balaban J connectivity index is 2.61. The lowest BCUT2D eigenvalue weighted by molar-refractivity contribution is -0.145. The van der Waals surface area contributed by atoms with Gasteiger partial charge in [0.05, 0.1) is 0 Å². The summed E-state index contributed by atoms with van der Waals surface area (Å²) in [6, 6.07) is 0.214. The van der Waals surface area contributed by atoms with E-state index in [-0.39, 0.29) is 6.04 Å². The molecule has 0 aliphatic heterocycles. The van der Waals surface area contributed by atoms with Crippen LogP contribution in [0.15, 0.2) is 0 Å². The van der Waals surface area contributed by atoms with Gasteiger partial charge in [-0.2, -0.15) is 11.8 Å². The van der Waals surface area contributed by atoms with E-state index in [1.54, 1.807) is 11.8 Å². The van der Waals surface area contributed by atoms with E-state index in [2.05, 4.69) is 19.2 Å². The topological polar surface area (TPSA) is 49.3 Å². The molecule has 0 aromatic rings. The summed E-state index contributed by atoms with van der Waals surface area (Å²) in [6.07, 6.45) is 3.26. The van der Waals surface area contributed by atoms with Crippen LogP contribution in [0.3, 0.4) is 0 Å². The predicted molar refractivity (Wildman–Crippen MR) is 78.1 cm³/mol. The van der Waals surface area contributed by atoms with Crippen molar-refractivity contribution in [3.05, 3.63) is 0 Å². The molecule has 0 aromatic heterocycles. The molecule has 18 heavy (non-hydrogen) atoms. The zero-order valence-corrected chi connectivity index (χ0v) is 12.8. The summed E-state index contributed by atoms with van der Waals surface area (Å²) >= 11 is 1.79. The van der Waals surface area contributed by atoms with Crippen molar-refractivity contribution < 1.29 is 9.90 Å². The van der Waals surface area contributed by atoms with Crippen molar-refractivity contribution in [2.24, 2.45) is 11.8 Å². The molecule has 0 amide bonds. The molecule has 2 N–H and O–H groups in total. The quantitative estimate of drug-likeness (QED) is 0.678. The minimum atomic E-state index is -0.702. The molecular formula is C14H27NO2S. The highest BCUT2D eigenvalue weighted by atomic mass is 32.2. The van der Waals surface area contributed by atoms with Crippen LogP contribution in [-0.2, 0) is 4.79 Å². The highest BCUT2D eigenvalue weighted by molar-refractivity contribution is 7.99. The highest BCUT2D eigenvalue weighted by Crippen LogP contribution is 2.42. The van der Waals surface area contributed by atoms with Crippen molar-refractivity contribution in [2.45, 2.75) is 58.5 Å². The third-order valence-electron chi connectivity index (χ3n) is 3.63. The van der Waals surface area contributed by atoms with Crippen molar-refractivity contribution in [1.29, 1.82) is 0 Å². The van der Waals surface area contributed by atoms with Gasteiger partial charge in [-0.3, -0.25) is 10.1 Å². The lowest BCUT2D eigenvalue weighted by Gasteiger charge is -2.33. The van der Waals surface area contributed by atoms with Crippen molar-refractivity contribution >= 4 is 17.7 Å². The van der Waals surface area contributed by atoms with Crippen LogP contribution in [0.25, 0.3) is 0 Å². The van der Waals surface area contributed by atoms with Gasteiger partial charge in [-0.15, -0.1) is 0 Å². The van der Waals surface area contributed by atoms with Crippen molar-refractivity contribution in [2.75, 3.05) is 11.5 Å². The standard InChI is InChI=1S/C14H27NO2S/c1-5-11(4)8-18-9-14(13(16)17,12-6-7-12)15-10(2)3/h10-12,15H,5-9H2,1-4H3,(H,16,17). The van der Waals surface area contributed by atoms with Crippen LogP contribution in [0.2, 0.25) is 0 Å². The number of carboxylic acid groups (broad SMARTS) is 1. The fourth-order valence-corrected chi connectivity index (χ4v) is 3.73. The highest BCUT2D eigenvalue weighted by Gasteiger charge is 2.51. The summed E-state index contributed by atoms with van der Waals surface area (Å²) in [7, 11) is 0. The predicted octanol–water partition coefficient (Wildman–Crippen LogP) is 3.00. The molecular weight excluding hydrogens is 246 g/mol. The summed E-state index contributed by atoms with van der Waals surface area (Å²) < 4.78 is 0. The first-order valence-corrected chi connectivity index (χ1v) is 8.16. The lowest BCUT2D eigenvalue weighted by Crippen LogP contribution is -2.58. The van der Waals surface area contributed by atoms with Gasteiger partial charge in [0.1, 0.15) is 5.54 Å². The van der Waals surface area contributed by atoms with Crippen LogP contribution in [0.1, 0.15) is 47.0 Å². The summed E-state index contributed by atoms with van der Waals surface area (Å²) in [5.41, 5.74) is -0.702. The van der Waals surface area contributed by atoms with E-state index < -0.39 is 11.5 Å². The van der Waals surface area contributed by atoms with Crippen LogP contribution in [0.5, 0.6) is 0 Å². The van der Waals surface area contributed by atoms with E-state index in [0.29, 0.717) is 17.6 Å². The van der Waals surface area contributed by atoms with Gasteiger partial charge in [-0.05, 0) is 44.3 Å². The average molecular weight is 273 g/mol. The molecule has 0 heterocycles. The Kier molecular flexibility index (Phi) is 5.99. The molecule has 0 aromatic carbocycles. The number of hydrogen-bond acceptors (Lipinski definition) is 3. The largest absolute Gasteiger partial charge is 0.480 e. The fraction of sp³-hybridized carbons (Fsp3) is 0.929. The summed E-state index contributed by atoms with van der Waals surface area (Å²) in [4.78, 5) is 11.7. The second-order valence-corrected chi connectivity index (χ2v) is 6.91. The summed E-state index contributed by atoms with van der Waals surface area (Å²) in [5.74, 6) is 2.06. The monoisotopic (exact) mass is 273 g/mol. The van der Waals surface area contributed by atoms with Crippen LogP contribution in [0, 0.1) is 11.8 Å². The summed E-state index contributed by atoms with van der Waals surface area (Å²) in [6.45, 7) is 8.46. The maximum absolute atomic E-state index is 11.7. The maximum atomic E-state index is 11.7.